The minimum atomic E-state index is -0.914. The molecule has 1 atom stereocenters. The first kappa shape index (κ1) is 22.9. The highest BCUT2D eigenvalue weighted by atomic mass is 19.1. The summed E-state index contributed by atoms with van der Waals surface area (Å²) in [5.74, 6) is -0.544. The van der Waals surface area contributed by atoms with Crippen LogP contribution in [0.1, 0.15) is 12.5 Å². The van der Waals surface area contributed by atoms with Gasteiger partial charge >= 0.3 is 0 Å². The number of rotatable bonds is 9. The Morgan fingerprint density at radius 1 is 0.844 bits per heavy atom. The summed E-state index contributed by atoms with van der Waals surface area (Å²) in [6.07, 6.45) is 0. The van der Waals surface area contributed by atoms with Gasteiger partial charge in [-0.25, -0.2) is 8.78 Å². The molecule has 0 bridgehead atoms. The lowest BCUT2D eigenvalue weighted by Gasteiger charge is -2.18. The monoisotopic (exact) mass is 440 g/mol. The van der Waals surface area contributed by atoms with Crippen LogP contribution in [0.4, 0.5) is 14.5 Å². The van der Waals surface area contributed by atoms with Crippen LogP contribution in [0.5, 0.6) is 11.5 Å². The molecule has 3 aromatic rings. The maximum Gasteiger partial charge on any atom is 0.249 e. The van der Waals surface area contributed by atoms with Gasteiger partial charge in [0.2, 0.25) is 11.8 Å². The molecular formula is C24H22F2N2O4. The van der Waals surface area contributed by atoms with Crippen LogP contribution in [0, 0.1) is 11.6 Å². The van der Waals surface area contributed by atoms with E-state index in [1.807, 2.05) is 0 Å². The summed E-state index contributed by atoms with van der Waals surface area (Å²) >= 11 is 0. The fraction of sp³-hybridized carbons (Fsp3) is 0.167. The quantitative estimate of drug-likeness (QED) is 0.517. The van der Waals surface area contributed by atoms with E-state index in [9.17, 15) is 18.4 Å². The van der Waals surface area contributed by atoms with Crippen molar-refractivity contribution in [3.05, 3.63) is 90.0 Å². The molecule has 0 unspecified atom stereocenters. The van der Waals surface area contributed by atoms with Crippen LogP contribution in [0.2, 0.25) is 0 Å². The second-order valence-corrected chi connectivity index (χ2v) is 6.96. The third-order valence-electron chi connectivity index (χ3n) is 4.33. The topological polar surface area (TPSA) is 76.7 Å². The third-order valence-corrected chi connectivity index (χ3v) is 4.33. The van der Waals surface area contributed by atoms with E-state index in [1.165, 1.54) is 43.3 Å². The normalized spacial score (nSPS) is 11.5. The Morgan fingerprint density at radius 3 is 1.94 bits per heavy atom. The molecule has 0 saturated heterocycles. The number of hydrogen-bond acceptors (Lipinski definition) is 4. The van der Waals surface area contributed by atoms with Crippen LogP contribution in [-0.4, -0.2) is 24.5 Å². The molecule has 3 rings (SSSR count). The second-order valence-electron chi connectivity index (χ2n) is 6.96. The zero-order valence-corrected chi connectivity index (χ0v) is 17.3. The Labute approximate surface area is 184 Å². The molecule has 0 aliphatic heterocycles. The Hall–Kier alpha value is -3.78. The first-order chi connectivity index (χ1) is 15.4. The predicted molar refractivity (Wildman–Crippen MR) is 115 cm³/mol. The summed E-state index contributed by atoms with van der Waals surface area (Å²) in [4.78, 5) is 24.1. The van der Waals surface area contributed by atoms with Crippen molar-refractivity contribution in [2.24, 2.45) is 0 Å². The van der Waals surface area contributed by atoms with Crippen LogP contribution in [0.3, 0.4) is 0 Å². The second kappa shape index (κ2) is 11.0. The zero-order chi connectivity index (χ0) is 22.9. The fourth-order valence-electron chi connectivity index (χ4n) is 2.78. The molecule has 0 aliphatic rings. The zero-order valence-electron chi connectivity index (χ0n) is 17.3. The van der Waals surface area contributed by atoms with Crippen molar-refractivity contribution in [2.75, 3.05) is 11.9 Å². The number of carbonyl (C=O) groups excluding carboxylic acids is 2. The molecule has 0 radical (unpaired) electrons. The Balaban J connectivity index is 1.55. The number of nitrogens with one attached hydrogen (secondary N) is 2. The van der Waals surface area contributed by atoms with Crippen molar-refractivity contribution in [3.63, 3.8) is 0 Å². The van der Waals surface area contributed by atoms with Crippen LogP contribution >= 0.6 is 0 Å². The van der Waals surface area contributed by atoms with Gasteiger partial charge in [-0.1, -0.05) is 12.1 Å². The Bertz CT molecular complexity index is 1040. The lowest BCUT2D eigenvalue weighted by atomic mass is 10.2. The molecule has 3 aromatic carbocycles. The highest BCUT2D eigenvalue weighted by molar-refractivity contribution is 5.97. The SMILES string of the molecule is CC(=O)N[C@@H](COCc1ccc(F)cc1)C(=O)Nc1ccc(Oc2ccc(F)cc2)cc1. The highest BCUT2D eigenvalue weighted by Gasteiger charge is 2.20. The van der Waals surface area contributed by atoms with Gasteiger partial charge in [-0.05, 0) is 66.2 Å². The number of halogens is 2. The molecule has 2 amide bonds. The van der Waals surface area contributed by atoms with E-state index in [2.05, 4.69) is 10.6 Å². The van der Waals surface area contributed by atoms with Gasteiger partial charge in [-0.3, -0.25) is 9.59 Å². The minimum Gasteiger partial charge on any atom is -0.457 e. The molecule has 8 heteroatoms. The van der Waals surface area contributed by atoms with Crippen molar-refractivity contribution in [1.29, 1.82) is 0 Å². The van der Waals surface area contributed by atoms with Crippen LogP contribution < -0.4 is 15.4 Å². The number of ether oxygens (including phenoxy) is 2. The van der Waals surface area contributed by atoms with Crippen molar-refractivity contribution >= 4 is 17.5 Å². The number of hydrogen-bond donors (Lipinski definition) is 2. The van der Waals surface area contributed by atoms with Crippen LogP contribution in [0.15, 0.2) is 72.8 Å². The van der Waals surface area contributed by atoms with Gasteiger partial charge in [0.05, 0.1) is 13.2 Å². The lowest BCUT2D eigenvalue weighted by Crippen LogP contribution is -2.46. The van der Waals surface area contributed by atoms with Crippen LogP contribution in [0.25, 0.3) is 0 Å². The summed E-state index contributed by atoms with van der Waals surface area (Å²) in [5.41, 5.74) is 1.24. The van der Waals surface area contributed by atoms with E-state index in [0.29, 0.717) is 17.2 Å². The van der Waals surface area contributed by atoms with E-state index in [0.717, 1.165) is 5.56 Å². The largest absolute Gasteiger partial charge is 0.457 e. The van der Waals surface area contributed by atoms with E-state index in [-0.39, 0.29) is 30.8 Å². The van der Waals surface area contributed by atoms with Gasteiger partial charge in [0.15, 0.2) is 0 Å². The van der Waals surface area contributed by atoms with E-state index in [1.54, 1.807) is 36.4 Å². The summed E-state index contributed by atoms with van der Waals surface area (Å²) in [6, 6.07) is 17.1. The van der Waals surface area contributed by atoms with E-state index in [4.69, 9.17) is 9.47 Å². The maximum atomic E-state index is 13.0. The number of anilines is 1. The third kappa shape index (κ3) is 7.17. The van der Waals surface area contributed by atoms with Gasteiger partial charge in [0, 0.05) is 12.6 Å². The van der Waals surface area contributed by atoms with Gasteiger partial charge in [-0.15, -0.1) is 0 Å². The van der Waals surface area contributed by atoms with Crippen LogP contribution in [-0.2, 0) is 20.9 Å². The average molecular weight is 440 g/mol. The molecule has 0 aromatic heterocycles. The van der Waals surface area contributed by atoms with Gasteiger partial charge in [0.25, 0.3) is 0 Å². The van der Waals surface area contributed by atoms with Gasteiger partial charge < -0.3 is 20.1 Å². The summed E-state index contributed by atoms with van der Waals surface area (Å²) in [6.45, 7) is 1.41. The molecule has 2 N–H and O–H groups in total. The minimum absolute atomic E-state index is 0.0610. The molecule has 0 saturated carbocycles. The van der Waals surface area contributed by atoms with Crippen molar-refractivity contribution in [3.8, 4) is 11.5 Å². The fourth-order valence-corrected chi connectivity index (χ4v) is 2.78. The number of amides is 2. The Kier molecular flexibility index (Phi) is 7.88. The number of carbonyl (C=O) groups is 2. The van der Waals surface area contributed by atoms with Crippen molar-refractivity contribution < 1.29 is 27.8 Å². The summed E-state index contributed by atoms with van der Waals surface area (Å²) in [7, 11) is 0. The summed E-state index contributed by atoms with van der Waals surface area (Å²) < 4.78 is 37.1. The van der Waals surface area contributed by atoms with Gasteiger partial charge in [0.1, 0.15) is 29.2 Å². The van der Waals surface area contributed by atoms with Gasteiger partial charge in [-0.2, -0.15) is 0 Å². The molecule has 0 aliphatic carbocycles. The lowest BCUT2D eigenvalue weighted by molar-refractivity contribution is -0.126. The first-order valence-electron chi connectivity index (χ1n) is 9.83. The maximum absolute atomic E-state index is 13.0. The molecule has 0 heterocycles. The Morgan fingerprint density at radius 2 is 1.38 bits per heavy atom. The molecule has 0 spiro atoms. The molecule has 6 nitrogen and oxygen atoms in total. The summed E-state index contributed by atoms with van der Waals surface area (Å²) in [5, 5.41) is 5.27. The predicted octanol–water partition coefficient (Wildman–Crippen LogP) is 4.42. The van der Waals surface area contributed by atoms with Crippen molar-refractivity contribution in [2.45, 2.75) is 19.6 Å². The van der Waals surface area contributed by atoms with E-state index >= 15 is 0 Å². The molecular weight excluding hydrogens is 418 g/mol. The molecule has 166 valence electrons. The first-order valence-corrected chi connectivity index (χ1v) is 9.83. The smallest absolute Gasteiger partial charge is 0.249 e. The standard InChI is InChI=1S/C24H22F2N2O4/c1-16(29)27-23(15-31-14-17-2-4-18(25)5-3-17)24(30)28-20-8-12-22(13-9-20)32-21-10-6-19(26)7-11-21/h2-13,23H,14-15H2,1H3,(H,27,29)(H,28,30)/t23-/m0/s1. The van der Waals surface area contributed by atoms with E-state index < -0.39 is 11.9 Å². The molecule has 0 fully saturated rings. The molecule has 32 heavy (non-hydrogen) atoms. The number of benzene rings is 3. The highest BCUT2D eigenvalue weighted by Crippen LogP contribution is 2.23. The average Bonchev–Trinajstić information content (AvgIpc) is 2.77. The van der Waals surface area contributed by atoms with Crippen molar-refractivity contribution in [1.82, 2.24) is 5.32 Å².